The molecule has 0 aliphatic carbocycles. The number of thioether (sulfide) groups is 1. The van der Waals surface area contributed by atoms with Crippen LogP contribution < -0.4 is 9.64 Å². The van der Waals surface area contributed by atoms with Crippen molar-refractivity contribution in [2.75, 3.05) is 44.9 Å². The van der Waals surface area contributed by atoms with Crippen LogP contribution in [0.15, 0.2) is 53.4 Å². The third kappa shape index (κ3) is 4.52. The molecule has 7 heteroatoms. The van der Waals surface area contributed by atoms with Crippen LogP contribution in [0.1, 0.15) is 11.1 Å². The van der Waals surface area contributed by atoms with E-state index in [0.717, 1.165) is 49.3 Å². The highest BCUT2D eigenvalue weighted by atomic mass is 32.2. The molecule has 2 fully saturated rings. The van der Waals surface area contributed by atoms with Gasteiger partial charge in [-0.3, -0.25) is 19.4 Å². The minimum atomic E-state index is -0.220. The zero-order valence-electron chi connectivity index (χ0n) is 17.2. The van der Waals surface area contributed by atoms with E-state index in [-0.39, 0.29) is 11.1 Å². The van der Waals surface area contributed by atoms with E-state index in [4.69, 9.17) is 4.74 Å². The molecule has 0 aromatic heterocycles. The number of carbonyl (C=O) groups excluding carboxylic acids is 2. The molecule has 0 unspecified atom stereocenters. The Morgan fingerprint density at radius 3 is 2.43 bits per heavy atom. The Bertz CT molecular complexity index is 966. The van der Waals surface area contributed by atoms with E-state index in [1.54, 1.807) is 13.2 Å². The average Bonchev–Trinajstić information content (AvgIpc) is 3.02. The van der Waals surface area contributed by atoms with E-state index in [1.165, 1.54) is 16.2 Å². The number of methoxy groups -OCH3 is 1. The molecule has 30 heavy (non-hydrogen) atoms. The molecule has 156 valence electrons. The highest BCUT2D eigenvalue weighted by molar-refractivity contribution is 8.18. The molecular formula is C23H25N3O3S. The normalized spacial score (nSPS) is 19.1. The second-order valence-corrected chi connectivity index (χ2v) is 8.46. The summed E-state index contributed by atoms with van der Waals surface area (Å²) in [5, 5.41) is -0.208. The maximum Gasteiger partial charge on any atom is 0.294 e. The molecule has 2 aliphatic heterocycles. The summed E-state index contributed by atoms with van der Waals surface area (Å²) in [5.74, 6) is 0.534. The molecule has 2 saturated heterocycles. The molecule has 2 amide bonds. The first-order chi connectivity index (χ1) is 14.5. The molecule has 2 aromatic carbocycles. The Labute approximate surface area is 181 Å². The number of rotatable bonds is 5. The van der Waals surface area contributed by atoms with E-state index in [9.17, 15) is 9.59 Å². The maximum absolute atomic E-state index is 12.8. The summed E-state index contributed by atoms with van der Waals surface area (Å²) in [6, 6.07) is 15.9. The minimum Gasteiger partial charge on any atom is -0.497 e. The summed E-state index contributed by atoms with van der Waals surface area (Å²) in [6.07, 6.45) is 1.76. The number of hydrogen-bond donors (Lipinski definition) is 0. The zero-order valence-corrected chi connectivity index (χ0v) is 18.0. The van der Waals surface area contributed by atoms with Crippen molar-refractivity contribution in [3.8, 4) is 5.75 Å². The molecule has 4 rings (SSSR count). The highest BCUT2D eigenvalue weighted by Gasteiger charge is 2.36. The number of anilines is 1. The predicted octanol–water partition coefficient (Wildman–Crippen LogP) is 3.82. The third-order valence-corrected chi connectivity index (χ3v) is 6.28. The predicted molar refractivity (Wildman–Crippen MR) is 121 cm³/mol. The molecule has 0 bridgehead atoms. The number of benzene rings is 2. The zero-order chi connectivity index (χ0) is 21.1. The van der Waals surface area contributed by atoms with Crippen LogP contribution in [0, 0.1) is 6.92 Å². The molecule has 0 N–H and O–H groups in total. The van der Waals surface area contributed by atoms with Crippen molar-refractivity contribution in [3.63, 3.8) is 0 Å². The average molecular weight is 424 g/mol. The van der Waals surface area contributed by atoms with E-state index in [0.29, 0.717) is 11.6 Å². The van der Waals surface area contributed by atoms with Gasteiger partial charge in [0.1, 0.15) is 5.75 Å². The summed E-state index contributed by atoms with van der Waals surface area (Å²) >= 11 is 1.00. The molecule has 2 aromatic rings. The van der Waals surface area contributed by atoms with Gasteiger partial charge >= 0.3 is 0 Å². The number of ether oxygens (including phenoxy) is 1. The fourth-order valence-electron chi connectivity index (χ4n) is 3.65. The smallest absolute Gasteiger partial charge is 0.294 e. The molecule has 0 spiro atoms. The first-order valence-corrected chi connectivity index (χ1v) is 10.8. The summed E-state index contributed by atoms with van der Waals surface area (Å²) in [5.41, 5.74) is 3.34. The largest absolute Gasteiger partial charge is 0.497 e. The van der Waals surface area contributed by atoms with Gasteiger partial charge in [-0.25, -0.2) is 0 Å². The second kappa shape index (κ2) is 8.93. The number of amides is 2. The SMILES string of the molecule is COc1ccc(C=C2SC(=O)N(CN3CCN(c4cccc(C)c4)CC3)C2=O)cc1. The Morgan fingerprint density at radius 1 is 1.03 bits per heavy atom. The molecule has 2 aliphatic rings. The van der Waals surface area contributed by atoms with Crippen molar-refractivity contribution in [2.24, 2.45) is 0 Å². The maximum atomic E-state index is 12.8. The molecule has 0 radical (unpaired) electrons. The van der Waals surface area contributed by atoms with Crippen molar-refractivity contribution in [3.05, 3.63) is 64.6 Å². The van der Waals surface area contributed by atoms with Gasteiger partial charge in [-0.2, -0.15) is 0 Å². The van der Waals surface area contributed by atoms with Gasteiger partial charge in [-0.1, -0.05) is 24.3 Å². The van der Waals surface area contributed by atoms with Gasteiger partial charge in [0.25, 0.3) is 11.1 Å². The van der Waals surface area contributed by atoms with Gasteiger partial charge in [0.2, 0.25) is 0 Å². The van der Waals surface area contributed by atoms with Gasteiger partial charge < -0.3 is 9.64 Å². The van der Waals surface area contributed by atoms with Gasteiger partial charge in [-0.05, 0) is 60.2 Å². The van der Waals surface area contributed by atoms with Gasteiger partial charge in [0.15, 0.2) is 0 Å². The van der Waals surface area contributed by atoms with Crippen LogP contribution in [0.3, 0.4) is 0 Å². The Morgan fingerprint density at radius 2 is 1.77 bits per heavy atom. The lowest BCUT2D eigenvalue weighted by atomic mass is 10.2. The summed E-state index contributed by atoms with van der Waals surface area (Å²) in [4.78, 5) is 31.6. The van der Waals surface area contributed by atoms with Crippen LogP contribution in [0.5, 0.6) is 5.75 Å². The quantitative estimate of drug-likeness (QED) is 0.682. The van der Waals surface area contributed by atoms with Crippen molar-refractivity contribution >= 4 is 34.7 Å². The van der Waals surface area contributed by atoms with Gasteiger partial charge in [-0.15, -0.1) is 0 Å². The Kier molecular flexibility index (Phi) is 6.11. The molecule has 6 nitrogen and oxygen atoms in total. The molecule has 0 saturated carbocycles. The van der Waals surface area contributed by atoms with Crippen LogP contribution in [0.2, 0.25) is 0 Å². The summed E-state index contributed by atoms with van der Waals surface area (Å²) in [7, 11) is 1.61. The summed E-state index contributed by atoms with van der Waals surface area (Å²) in [6.45, 7) is 5.81. The number of carbonyl (C=O) groups is 2. The number of nitrogens with zero attached hydrogens (tertiary/aromatic N) is 3. The van der Waals surface area contributed by atoms with Crippen molar-refractivity contribution in [1.29, 1.82) is 0 Å². The fraction of sp³-hybridized carbons (Fsp3) is 0.304. The van der Waals surface area contributed by atoms with Crippen LogP contribution in [0.4, 0.5) is 10.5 Å². The van der Waals surface area contributed by atoms with Crippen molar-refractivity contribution in [1.82, 2.24) is 9.80 Å². The first kappa shape index (κ1) is 20.5. The molecule has 2 heterocycles. The molecular weight excluding hydrogens is 398 g/mol. The van der Waals surface area contributed by atoms with Gasteiger partial charge in [0.05, 0.1) is 18.7 Å². The topological polar surface area (TPSA) is 53.1 Å². The number of hydrogen-bond acceptors (Lipinski definition) is 6. The lowest BCUT2D eigenvalue weighted by Crippen LogP contribution is -2.50. The van der Waals surface area contributed by atoms with Crippen molar-refractivity contribution in [2.45, 2.75) is 6.92 Å². The molecule has 0 atom stereocenters. The second-order valence-electron chi connectivity index (χ2n) is 7.47. The first-order valence-electron chi connectivity index (χ1n) is 9.97. The number of imide groups is 1. The number of aryl methyl sites for hydroxylation is 1. The van der Waals surface area contributed by atoms with Crippen LogP contribution >= 0.6 is 11.8 Å². The third-order valence-electron chi connectivity index (χ3n) is 5.37. The lowest BCUT2D eigenvalue weighted by Gasteiger charge is -2.37. The van der Waals surface area contributed by atoms with Crippen LogP contribution in [0.25, 0.3) is 6.08 Å². The Balaban J connectivity index is 1.36. The Hall–Kier alpha value is -2.77. The van der Waals surface area contributed by atoms with E-state index in [1.807, 2.05) is 24.3 Å². The highest BCUT2D eigenvalue weighted by Crippen LogP contribution is 2.32. The fourth-order valence-corrected chi connectivity index (χ4v) is 4.48. The van der Waals surface area contributed by atoms with Crippen molar-refractivity contribution < 1.29 is 14.3 Å². The van der Waals surface area contributed by atoms with Crippen LogP contribution in [-0.4, -0.2) is 60.9 Å². The lowest BCUT2D eigenvalue weighted by molar-refractivity contribution is -0.124. The minimum absolute atomic E-state index is 0.208. The van der Waals surface area contributed by atoms with Gasteiger partial charge in [0, 0.05) is 31.9 Å². The monoisotopic (exact) mass is 423 g/mol. The number of piperazine rings is 1. The standard InChI is InChI=1S/C23H25N3O3S/c1-17-4-3-5-19(14-17)25-12-10-24(11-13-25)16-26-22(27)21(30-23(26)28)15-18-6-8-20(29-2)9-7-18/h3-9,14-15H,10-13,16H2,1-2H3. The van der Waals surface area contributed by atoms with E-state index < -0.39 is 0 Å². The van der Waals surface area contributed by atoms with Crippen LogP contribution in [-0.2, 0) is 4.79 Å². The van der Waals surface area contributed by atoms with E-state index in [2.05, 4.69) is 41.0 Å². The summed E-state index contributed by atoms with van der Waals surface area (Å²) < 4.78 is 5.16. The van der Waals surface area contributed by atoms with E-state index >= 15 is 0 Å².